The second-order valence-electron chi connectivity index (χ2n) is 5.78. The molecule has 2 aromatic rings. The Morgan fingerprint density at radius 3 is 2.21 bits per heavy atom. The summed E-state index contributed by atoms with van der Waals surface area (Å²) in [5.74, 6) is 0. The van der Waals surface area contributed by atoms with E-state index in [4.69, 9.17) is 22.3 Å². The Kier molecular flexibility index (Phi) is 4.00. The van der Waals surface area contributed by atoms with Crippen molar-refractivity contribution >= 4 is 22.9 Å². The topological polar surface area (TPSA) is 38.9 Å². The van der Waals surface area contributed by atoms with Crippen LogP contribution in [0.3, 0.4) is 0 Å². The number of hydrogen-bond donors (Lipinski definition) is 1. The summed E-state index contributed by atoms with van der Waals surface area (Å²) < 4.78 is 0. The minimum Gasteiger partial charge on any atom is -0.323 e. The zero-order chi connectivity index (χ0) is 14.2. The summed E-state index contributed by atoms with van der Waals surface area (Å²) in [4.78, 5) is 5.96. The maximum atomic E-state index is 6.08. The van der Waals surface area contributed by atoms with Gasteiger partial charge in [0.25, 0.3) is 0 Å². The second kappa shape index (κ2) is 5.23. The molecule has 1 aromatic heterocycles. The summed E-state index contributed by atoms with van der Waals surface area (Å²) in [6.07, 6.45) is 0. The van der Waals surface area contributed by atoms with Gasteiger partial charge in [-0.1, -0.05) is 44.5 Å². The maximum Gasteiger partial charge on any atom is 0.123 e. The number of hydrogen-bond acceptors (Lipinski definition) is 3. The third-order valence-corrected chi connectivity index (χ3v) is 4.43. The van der Waals surface area contributed by atoms with Gasteiger partial charge in [-0.15, -0.1) is 11.3 Å². The molecule has 102 valence electrons. The predicted octanol–water partition coefficient (Wildman–Crippen LogP) is 4.78. The molecule has 0 aliphatic carbocycles. The Bertz CT molecular complexity index is 565. The zero-order valence-corrected chi connectivity index (χ0v) is 13.3. The number of halogens is 1. The molecule has 1 heterocycles. The van der Waals surface area contributed by atoms with Gasteiger partial charge in [0.1, 0.15) is 5.01 Å². The fourth-order valence-corrected chi connectivity index (χ4v) is 3.25. The summed E-state index contributed by atoms with van der Waals surface area (Å²) >= 11 is 7.60. The van der Waals surface area contributed by atoms with Crippen molar-refractivity contribution < 1.29 is 0 Å². The van der Waals surface area contributed by atoms with Crippen molar-refractivity contribution in [1.29, 1.82) is 0 Å². The van der Waals surface area contributed by atoms with Gasteiger partial charge in [-0.2, -0.15) is 0 Å². The SMILES string of the molecule is CC(N)c1sc(-c2ccc(Cl)cc2)nc1C(C)(C)C. The summed E-state index contributed by atoms with van der Waals surface area (Å²) in [7, 11) is 0. The summed E-state index contributed by atoms with van der Waals surface area (Å²) in [5.41, 5.74) is 8.26. The van der Waals surface area contributed by atoms with Crippen molar-refractivity contribution in [2.24, 2.45) is 5.73 Å². The van der Waals surface area contributed by atoms with E-state index in [0.717, 1.165) is 26.2 Å². The van der Waals surface area contributed by atoms with Gasteiger partial charge < -0.3 is 5.73 Å². The fourth-order valence-electron chi connectivity index (χ4n) is 1.89. The van der Waals surface area contributed by atoms with Gasteiger partial charge in [0.05, 0.1) is 5.69 Å². The van der Waals surface area contributed by atoms with Gasteiger partial charge in [0.2, 0.25) is 0 Å². The van der Waals surface area contributed by atoms with Crippen LogP contribution in [0.25, 0.3) is 10.6 Å². The van der Waals surface area contributed by atoms with Crippen LogP contribution in [-0.2, 0) is 5.41 Å². The Hall–Kier alpha value is -0.900. The largest absolute Gasteiger partial charge is 0.323 e. The van der Waals surface area contributed by atoms with Crippen LogP contribution < -0.4 is 5.73 Å². The number of benzene rings is 1. The van der Waals surface area contributed by atoms with Crippen LogP contribution >= 0.6 is 22.9 Å². The molecule has 19 heavy (non-hydrogen) atoms. The molecule has 0 fully saturated rings. The lowest BCUT2D eigenvalue weighted by molar-refractivity contribution is 0.561. The zero-order valence-electron chi connectivity index (χ0n) is 11.7. The average molecular weight is 295 g/mol. The van der Waals surface area contributed by atoms with E-state index >= 15 is 0 Å². The van der Waals surface area contributed by atoms with Crippen LogP contribution in [0.15, 0.2) is 24.3 Å². The van der Waals surface area contributed by atoms with Gasteiger partial charge in [-0.05, 0) is 19.1 Å². The minimum atomic E-state index is 0.00411. The lowest BCUT2D eigenvalue weighted by atomic mass is 9.90. The third kappa shape index (κ3) is 3.16. The van der Waals surface area contributed by atoms with Gasteiger partial charge in [0.15, 0.2) is 0 Å². The third-order valence-electron chi connectivity index (χ3n) is 2.87. The Morgan fingerprint density at radius 1 is 1.21 bits per heavy atom. The van der Waals surface area contributed by atoms with Crippen molar-refractivity contribution in [2.45, 2.75) is 39.2 Å². The molecular formula is C15H19ClN2S. The molecule has 0 spiro atoms. The fraction of sp³-hybridized carbons (Fsp3) is 0.400. The van der Waals surface area contributed by atoms with Gasteiger partial charge in [-0.3, -0.25) is 0 Å². The van der Waals surface area contributed by atoms with Gasteiger partial charge in [-0.25, -0.2) is 4.98 Å². The molecule has 0 aliphatic heterocycles. The molecule has 2 N–H and O–H groups in total. The number of thiazole rings is 1. The first kappa shape index (κ1) is 14.5. The molecule has 1 aromatic carbocycles. The molecule has 0 saturated carbocycles. The standard InChI is InChI=1S/C15H19ClN2S/c1-9(17)12-13(15(2,3)4)18-14(19-12)10-5-7-11(16)8-6-10/h5-9H,17H2,1-4H3. The van der Waals surface area contributed by atoms with E-state index in [0.29, 0.717) is 0 Å². The van der Waals surface area contributed by atoms with Crippen LogP contribution in [0.2, 0.25) is 5.02 Å². The van der Waals surface area contributed by atoms with E-state index in [9.17, 15) is 0 Å². The lowest BCUT2D eigenvalue weighted by Crippen LogP contribution is -2.17. The first-order valence-electron chi connectivity index (χ1n) is 6.32. The molecule has 1 unspecified atom stereocenters. The summed E-state index contributed by atoms with van der Waals surface area (Å²) in [6, 6.07) is 7.78. The highest BCUT2D eigenvalue weighted by Gasteiger charge is 2.25. The quantitative estimate of drug-likeness (QED) is 0.865. The monoisotopic (exact) mass is 294 g/mol. The number of aromatic nitrogens is 1. The highest BCUT2D eigenvalue weighted by atomic mass is 35.5. The molecule has 0 aliphatic rings. The highest BCUT2D eigenvalue weighted by Crippen LogP contribution is 2.37. The lowest BCUT2D eigenvalue weighted by Gasteiger charge is -2.18. The maximum absolute atomic E-state index is 6.08. The van der Waals surface area contributed by atoms with E-state index in [2.05, 4.69) is 20.8 Å². The van der Waals surface area contributed by atoms with E-state index < -0.39 is 0 Å². The number of nitrogens with two attached hydrogens (primary N) is 1. The van der Waals surface area contributed by atoms with Crippen LogP contribution in [-0.4, -0.2) is 4.98 Å². The van der Waals surface area contributed by atoms with Crippen LogP contribution in [0.4, 0.5) is 0 Å². The molecule has 1 atom stereocenters. The first-order chi connectivity index (χ1) is 8.79. The smallest absolute Gasteiger partial charge is 0.123 e. The molecular weight excluding hydrogens is 276 g/mol. The van der Waals surface area contributed by atoms with Crippen molar-refractivity contribution in [3.63, 3.8) is 0 Å². The molecule has 0 radical (unpaired) electrons. The Balaban J connectivity index is 2.52. The van der Waals surface area contributed by atoms with Gasteiger partial charge >= 0.3 is 0 Å². The van der Waals surface area contributed by atoms with E-state index in [-0.39, 0.29) is 11.5 Å². The van der Waals surface area contributed by atoms with Crippen LogP contribution in [0, 0.1) is 0 Å². The number of rotatable bonds is 2. The van der Waals surface area contributed by atoms with Gasteiger partial charge in [0, 0.05) is 26.9 Å². The Morgan fingerprint density at radius 2 is 1.79 bits per heavy atom. The van der Waals surface area contributed by atoms with E-state index in [1.165, 1.54) is 0 Å². The van der Waals surface area contributed by atoms with Crippen molar-refractivity contribution in [1.82, 2.24) is 4.98 Å². The van der Waals surface area contributed by atoms with E-state index in [1.807, 2.05) is 31.2 Å². The second-order valence-corrected chi connectivity index (χ2v) is 7.24. The normalized spacial score (nSPS) is 13.6. The highest BCUT2D eigenvalue weighted by molar-refractivity contribution is 7.15. The first-order valence-corrected chi connectivity index (χ1v) is 7.51. The van der Waals surface area contributed by atoms with E-state index in [1.54, 1.807) is 11.3 Å². The predicted molar refractivity (Wildman–Crippen MR) is 83.9 cm³/mol. The van der Waals surface area contributed by atoms with Crippen molar-refractivity contribution in [2.75, 3.05) is 0 Å². The Labute approximate surface area is 123 Å². The minimum absolute atomic E-state index is 0.00411. The molecule has 2 rings (SSSR count). The summed E-state index contributed by atoms with van der Waals surface area (Å²) in [5, 5.41) is 1.75. The summed E-state index contributed by atoms with van der Waals surface area (Å²) in [6.45, 7) is 8.51. The molecule has 0 bridgehead atoms. The van der Waals surface area contributed by atoms with Crippen molar-refractivity contribution in [3.05, 3.63) is 39.9 Å². The molecule has 2 nitrogen and oxygen atoms in total. The average Bonchev–Trinajstić information content (AvgIpc) is 2.74. The molecule has 0 amide bonds. The van der Waals surface area contributed by atoms with Crippen LogP contribution in [0.5, 0.6) is 0 Å². The van der Waals surface area contributed by atoms with Crippen molar-refractivity contribution in [3.8, 4) is 10.6 Å². The molecule has 4 heteroatoms. The van der Waals surface area contributed by atoms with Crippen LogP contribution in [0.1, 0.15) is 44.3 Å². The molecule has 0 saturated heterocycles. The number of nitrogens with zero attached hydrogens (tertiary/aromatic N) is 1.